The van der Waals surface area contributed by atoms with Gasteiger partial charge in [0.2, 0.25) is 0 Å². The first kappa shape index (κ1) is 23.2. The molecule has 1 rings (SSSR count). The Hall–Kier alpha value is -0.870. The van der Waals surface area contributed by atoms with Crippen molar-refractivity contribution < 1.29 is 12.6 Å². The predicted molar refractivity (Wildman–Crippen MR) is 110 cm³/mol. The Morgan fingerprint density at radius 1 is 0.731 bits per heavy atom. The van der Waals surface area contributed by atoms with Crippen molar-refractivity contribution in [1.82, 2.24) is 0 Å². The standard InChI is InChI=1S/C22H38O3S/c1-3-5-7-8-9-10-11-14-18-21(17-13-6-4-2)25-26(23,24)22-19-15-12-16-20-22/h12,15-16,19-21H,3-11,13-14,17-18H2,1-2H3. The van der Waals surface area contributed by atoms with E-state index in [0.717, 1.165) is 38.5 Å². The zero-order valence-corrected chi connectivity index (χ0v) is 17.6. The van der Waals surface area contributed by atoms with Crippen LogP contribution in [0.5, 0.6) is 0 Å². The van der Waals surface area contributed by atoms with Crippen LogP contribution in [0.2, 0.25) is 0 Å². The highest BCUT2D eigenvalue weighted by Crippen LogP contribution is 2.21. The first-order chi connectivity index (χ1) is 12.6. The van der Waals surface area contributed by atoms with Crippen LogP contribution < -0.4 is 0 Å². The summed E-state index contributed by atoms with van der Waals surface area (Å²) in [6, 6.07) is 8.50. The van der Waals surface area contributed by atoms with Crippen molar-refractivity contribution in [3.63, 3.8) is 0 Å². The summed E-state index contributed by atoms with van der Waals surface area (Å²) in [5.41, 5.74) is 0. The lowest BCUT2D eigenvalue weighted by molar-refractivity contribution is 0.180. The van der Waals surface area contributed by atoms with Gasteiger partial charge in [0.05, 0.1) is 11.0 Å². The first-order valence-corrected chi connectivity index (χ1v) is 12.0. The zero-order chi connectivity index (χ0) is 19.1. The summed E-state index contributed by atoms with van der Waals surface area (Å²) in [4.78, 5) is 0.261. The molecule has 0 fully saturated rings. The molecule has 0 aromatic heterocycles. The first-order valence-electron chi connectivity index (χ1n) is 10.6. The minimum absolute atomic E-state index is 0.188. The van der Waals surface area contributed by atoms with Crippen LogP contribution in [0.25, 0.3) is 0 Å². The molecule has 0 bridgehead atoms. The van der Waals surface area contributed by atoms with E-state index < -0.39 is 10.1 Å². The molecule has 3 nitrogen and oxygen atoms in total. The van der Waals surface area contributed by atoms with Crippen LogP contribution in [-0.4, -0.2) is 14.5 Å². The second-order valence-corrected chi connectivity index (χ2v) is 8.82. The average molecular weight is 383 g/mol. The van der Waals surface area contributed by atoms with Gasteiger partial charge in [-0.15, -0.1) is 0 Å². The van der Waals surface area contributed by atoms with E-state index in [1.807, 2.05) is 6.07 Å². The molecule has 0 N–H and O–H groups in total. The molecule has 0 radical (unpaired) electrons. The van der Waals surface area contributed by atoms with E-state index in [9.17, 15) is 8.42 Å². The zero-order valence-electron chi connectivity index (χ0n) is 16.8. The summed E-state index contributed by atoms with van der Waals surface area (Å²) in [6.45, 7) is 4.40. The van der Waals surface area contributed by atoms with Crippen LogP contribution in [0.1, 0.15) is 97.3 Å². The van der Waals surface area contributed by atoms with Gasteiger partial charge in [-0.3, -0.25) is 4.18 Å². The minimum atomic E-state index is -3.65. The van der Waals surface area contributed by atoms with Gasteiger partial charge < -0.3 is 0 Å². The fraction of sp³-hybridized carbons (Fsp3) is 0.727. The lowest BCUT2D eigenvalue weighted by Gasteiger charge is -2.17. The van der Waals surface area contributed by atoms with Gasteiger partial charge in [0.15, 0.2) is 0 Å². The minimum Gasteiger partial charge on any atom is -0.263 e. The maximum Gasteiger partial charge on any atom is 0.297 e. The highest BCUT2D eigenvalue weighted by molar-refractivity contribution is 7.86. The molecule has 0 saturated heterocycles. The quantitative estimate of drug-likeness (QED) is 0.231. The van der Waals surface area contributed by atoms with Crippen LogP contribution in [-0.2, 0) is 14.3 Å². The number of unbranched alkanes of at least 4 members (excludes halogenated alkanes) is 9. The number of benzene rings is 1. The molecule has 1 unspecified atom stereocenters. The average Bonchev–Trinajstić information content (AvgIpc) is 2.64. The summed E-state index contributed by atoms with van der Waals surface area (Å²) in [5.74, 6) is 0. The summed E-state index contributed by atoms with van der Waals surface area (Å²) in [7, 11) is -3.65. The van der Waals surface area contributed by atoms with Gasteiger partial charge in [0, 0.05) is 0 Å². The molecule has 1 aromatic carbocycles. The van der Waals surface area contributed by atoms with Gasteiger partial charge in [-0.1, -0.05) is 103 Å². The predicted octanol–water partition coefficient (Wildman–Crippen LogP) is 6.87. The Balaban J connectivity index is 2.41. The number of hydrogen-bond acceptors (Lipinski definition) is 3. The van der Waals surface area contributed by atoms with Crippen molar-refractivity contribution in [2.45, 2.75) is 108 Å². The van der Waals surface area contributed by atoms with Gasteiger partial charge in [0.1, 0.15) is 0 Å². The largest absolute Gasteiger partial charge is 0.297 e. The molecule has 0 amide bonds. The highest BCUT2D eigenvalue weighted by atomic mass is 32.2. The second-order valence-electron chi connectivity index (χ2n) is 7.24. The molecule has 0 aliphatic rings. The van der Waals surface area contributed by atoms with E-state index in [1.54, 1.807) is 24.3 Å². The third-order valence-corrected chi connectivity index (χ3v) is 6.18. The topological polar surface area (TPSA) is 43.4 Å². The van der Waals surface area contributed by atoms with E-state index >= 15 is 0 Å². The summed E-state index contributed by atoms with van der Waals surface area (Å²) in [5, 5.41) is 0. The lowest BCUT2D eigenvalue weighted by Crippen LogP contribution is -2.19. The Morgan fingerprint density at radius 2 is 1.19 bits per heavy atom. The van der Waals surface area contributed by atoms with Crippen molar-refractivity contribution in [2.75, 3.05) is 0 Å². The molecule has 26 heavy (non-hydrogen) atoms. The molecule has 4 heteroatoms. The Morgan fingerprint density at radius 3 is 1.77 bits per heavy atom. The second kappa shape index (κ2) is 14.2. The molecule has 1 aromatic rings. The van der Waals surface area contributed by atoms with Crippen molar-refractivity contribution in [2.24, 2.45) is 0 Å². The van der Waals surface area contributed by atoms with Crippen molar-refractivity contribution in [1.29, 1.82) is 0 Å². The molecule has 150 valence electrons. The fourth-order valence-electron chi connectivity index (χ4n) is 3.19. The summed E-state index contributed by atoms with van der Waals surface area (Å²) in [6.07, 6.45) is 14.8. The maximum atomic E-state index is 12.5. The molecule has 0 aliphatic carbocycles. The summed E-state index contributed by atoms with van der Waals surface area (Å²) < 4.78 is 30.6. The molecule has 0 heterocycles. The number of hydrogen-bond donors (Lipinski definition) is 0. The van der Waals surface area contributed by atoms with E-state index in [1.165, 1.54) is 44.9 Å². The molecular formula is C22H38O3S. The van der Waals surface area contributed by atoms with Gasteiger partial charge >= 0.3 is 0 Å². The Kier molecular flexibility index (Phi) is 12.7. The SMILES string of the molecule is CCCCCCCCCCC(CCCCC)OS(=O)(=O)c1ccccc1. The van der Waals surface area contributed by atoms with Crippen LogP contribution in [0.3, 0.4) is 0 Å². The highest BCUT2D eigenvalue weighted by Gasteiger charge is 2.21. The normalized spacial score (nSPS) is 13.0. The third kappa shape index (κ3) is 10.3. The summed E-state index contributed by atoms with van der Waals surface area (Å²) >= 11 is 0. The monoisotopic (exact) mass is 382 g/mol. The maximum absolute atomic E-state index is 12.5. The van der Waals surface area contributed by atoms with Gasteiger partial charge in [0.25, 0.3) is 10.1 Å². The molecule has 0 saturated carbocycles. The molecule has 0 aliphatic heterocycles. The van der Waals surface area contributed by atoms with E-state index in [4.69, 9.17) is 4.18 Å². The smallest absolute Gasteiger partial charge is 0.263 e. The van der Waals surface area contributed by atoms with Crippen molar-refractivity contribution in [3.8, 4) is 0 Å². The van der Waals surface area contributed by atoms with Crippen LogP contribution in [0.15, 0.2) is 35.2 Å². The van der Waals surface area contributed by atoms with Gasteiger partial charge in [-0.05, 0) is 25.0 Å². The van der Waals surface area contributed by atoms with Crippen molar-refractivity contribution >= 4 is 10.1 Å². The van der Waals surface area contributed by atoms with Crippen LogP contribution >= 0.6 is 0 Å². The molecule has 1 atom stereocenters. The number of rotatable bonds is 16. The van der Waals surface area contributed by atoms with Gasteiger partial charge in [-0.25, -0.2) is 0 Å². The van der Waals surface area contributed by atoms with Crippen LogP contribution in [0.4, 0.5) is 0 Å². The molecular weight excluding hydrogens is 344 g/mol. The van der Waals surface area contributed by atoms with Crippen molar-refractivity contribution in [3.05, 3.63) is 30.3 Å². The Bertz CT molecular complexity index is 540. The van der Waals surface area contributed by atoms with E-state index in [-0.39, 0.29) is 11.0 Å². The Labute approximate surface area is 161 Å². The van der Waals surface area contributed by atoms with E-state index in [0.29, 0.717) is 0 Å². The van der Waals surface area contributed by atoms with Crippen LogP contribution in [0, 0.1) is 0 Å². The van der Waals surface area contributed by atoms with E-state index in [2.05, 4.69) is 13.8 Å². The molecule has 0 spiro atoms. The van der Waals surface area contributed by atoms with Gasteiger partial charge in [-0.2, -0.15) is 8.42 Å². The fourth-order valence-corrected chi connectivity index (χ4v) is 4.34. The third-order valence-electron chi connectivity index (χ3n) is 4.80. The lowest BCUT2D eigenvalue weighted by atomic mass is 10.0.